The molecule has 96 valence electrons. The predicted molar refractivity (Wildman–Crippen MR) is 68.9 cm³/mol. The van der Waals surface area contributed by atoms with Crippen molar-refractivity contribution in [2.45, 2.75) is 25.3 Å². The Morgan fingerprint density at radius 3 is 3.06 bits per heavy atom. The van der Waals surface area contributed by atoms with Crippen LogP contribution in [0.15, 0.2) is 18.3 Å². The van der Waals surface area contributed by atoms with Gasteiger partial charge in [0.15, 0.2) is 5.75 Å². The number of aromatic nitrogens is 3. The van der Waals surface area contributed by atoms with Crippen molar-refractivity contribution in [1.29, 1.82) is 0 Å². The van der Waals surface area contributed by atoms with Gasteiger partial charge in [-0.1, -0.05) is 0 Å². The summed E-state index contributed by atoms with van der Waals surface area (Å²) in [7, 11) is 3.84. The Morgan fingerprint density at radius 2 is 2.33 bits per heavy atom. The molecule has 1 unspecified atom stereocenters. The van der Waals surface area contributed by atoms with Crippen molar-refractivity contribution in [3.05, 3.63) is 24.2 Å². The molecule has 0 radical (unpaired) electrons. The first-order valence-corrected chi connectivity index (χ1v) is 6.36. The molecule has 1 aliphatic heterocycles. The number of ether oxygens (including phenoxy) is 1. The molecule has 18 heavy (non-hydrogen) atoms. The molecule has 0 amide bonds. The summed E-state index contributed by atoms with van der Waals surface area (Å²) in [6, 6.07) is 4.47. The van der Waals surface area contributed by atoms with Crippen LogP contribution >= 0.6 is 0 Å². The number of hydrogen-bond acceptors (Lipinski definition) is 4. The van der Waals surface area contributed by atoms with Crippen LogP contribution in [0.1, 0.15) is 18.7 Å². The Morgan fingerprint density at radius 1 is 1.44 bits per heavy atom. The van der Waals surface area contributed by atoms with E-state index in [0.29, 0.717) is 6.04 Å². The Labute approximate surface area is 106 Å². The summed E-state index contributed by atoms with van der Waals surface area (Å²) >= 11 is 0. The maximum atomic E-state index is 5.30. The lowest BCUT2D eigenvalue weighted by molar-refractivity contribution is 0.305. The minimum absolute atomic E-state index is 0.587. The molecule has 5 heteroatoms. The summed E-state index contributed by atoms with van der Waals surface area (Å²) in [6.45, 7) is 1.19. The summed E-state index contributed by atoms with van der Waals surface area (Å²) in [5, 5.41) is 8.53. The molecule has 3 heterocycles. The largest absolute Gasteiger partial charge is 0.493 e. The van der Waals surface area contributed by atoms with E-state index in [-0.39, 0.29) is 0 Å². The number of methoxy groups -OCH3 is 1. The van der Waals surface area contributed by atoms with Crippen molar-refractivity contribution >= 4 is 5.65 Å². The van der Waals surface area contributed by atoms with Gasteiger partial charge in [-0.2, -0.15) is 0 Å². The van der Waals surface area contributed by atoms with Gasteiger partial charge in [-0.05, 0) is 38.6 Å². The third-order valence-corrected chi connectivity index (χ3v) is 3.78. The first-order valence-electron chi connectivity index (χ1n) is 6.36. The SMILES string of the molecule is COc1cccn2c(CC3CCCN3C)nnc12. The number of likely N-dealkylation sites (tertiary alicyclic amines) is 1. The third-order valence-electron chi connectivity index (χ3n) is 3.78. The minimum atomic E-state index is 0.587. The second-order valence-electron chi connectivity index (χ2n) is 4.87. The van der Waals surface area contributed by atoms with Gasteiger partial charge in [-0.15, -0.1) is 10.2 Å². The molecule has 2 aromatic rings. The van der Waals surface area contributed by atoms with E-state index >= 15 is 0 Å². The maximum absolute atomic E-state index is 5.30. The molecule has 1 fully saturated rings. The van der Waals surface area contributed by atoms with E-state index < -0.39 is 0 Å². The molecule has 0 saturated carbocycles. The normalized spacial score (nSPS) is 20.7. The van der Waals surface area contributed by atoms with E-state index in [9.17, 15) is 0 Å². The molecule has 3 rings (SSSR count). The lowest BCUT2D eigenvalue weighted by Gasteiger charge is -2.18. The Bertz CT molecular complexity index is 551. The van der Waals surface area contributed by atoms with Gasteiger partial charge in [0.25, 0.3) is 0 Å². The fraction of sp³-hybridized carbons (Fsp3) is 0.538. The van der Waals surface area contributed by atoms with E-state index in [4.69, 9.17) is 4.74 Å². The van der Waals surface area contributed by atoms with Gasteiger partial charge in [-0.25, -0.2) is 0 Å². The molecule has 0 aliphatic carbocycles. The zero-order valence-corrected chi connectivity index (χ0v) is 10.8. The van der Waals surface area contributed by atoms with E-state index in [0.717, 1.165) is 23.6 Å². The highest BCUT2D eigenvalue weighted by Crippen LogP contribution is 2.21. The van der Waals surface area contributed by atoms with Crippen LogP contribution in [0.3, 0.4) is 0 Å². The molecule has 1 atom stereocenters. The fourth-order valence-corrected chi connectivity index (χ4v) is 2.69. The van der Waals surface area contributed by atoms with Crippen LogP contribution in [0.4, 0.5) is 0 Å². The van der Waals surface area contributed by atoms with Gasteiger partial charge >= 0.3 is 0 Å². The van der Waals surface area contributed by atoms with Gasteiger partial charge in [0, 0.05) is 18.7 Å². The molecule has 0 N–H and O–H groups in total. The summed E-state index contributed by atoms with van der Waals surface area (Å²) in [5.41, 5.74) is 0.802. The van der Waals surface area contributed by atoms with Crippen molar-refractivity contribution in [3.63, 3.8) is 0 Å². The average molecular weight is 246 g/mol. The number of hydrogen-bond donors (Lipinski definition) is 0. The van der Waals surface area contributed by atoms with Crippen LogP contribution < -0.4 is 4.74 Å². The monoisotopic (exact) mass is 246 g/mol. The topological polar surface area (TPSA) is 42.7 Å². The molecule has 2 aromatic heterocycles. The predicted octanol–water partition coefficient (Wildman–Crippen LogP) is 1.37. The van der Waals surface area contributed by atoms with Crippen molar-refractivity contribution in [2.24, 2.45) is 0 Å². The Balaban J connectivity index is 1.93. The van der Waals surface area contributed by atoms with Crippen molar-refractivity contribution in [3.8, 4) is 5.75 Å². The standard InChI is InChI=1S/C13H18N4O/c1-16-7-3-5-10(16)9-12-14-15-13-11(18-2)6-4-8-17(12)13/h4,6,8,10H,3,5,7,9H2,1-2H3. The van der Waals surface area contributed by atoms with Gasteiger partial charge in [0.05, 0.1) is 7.11 Å². The first kappa shape index (κ1) is 11.5. The quantitative estimate of drug-likeness (QED) is 0.820. The van der Waals surface area contributed by atoms with E-state index in [1.807, 2.05) is 22.7 Å². The number of pyridine rings is 1. The van der Waals surface area contributed by atoms with Crippen molar-refractivity contribution < 1.29 is 4.74 Å². The highest BCUT2D eigenvalue weighted by Gasteiger charge is 2.23. The van der Waals surface area contributed by atoms with Gasteiger partial charge in [0.1, 0.15) is 5.82 Å². The molecule has 0 spiro atoms. The van der Waals surface area contributed by atoms with Crippen LogP contribution in [0.2, 0.25) is 0 Å². The second kappa shape index (κ2) is 4.57. The Kier molecular flexibility index (Phi) is 2.91. The van der Waals surface area contributed by atoms with Crippen LogP contribution in [-0.2, 0) is 6.42 Å². The lowest BCUT2D eigenvalue weighted by Crippen LogP contribution is -2.27. The van der Waals surface area contributed by atoms with Crippen molar-refractivity contribution in [1.82, 2.24) is 19.5 Å². The number of likely N-dealkylation sites (N-methyl/N-ethyl adjacent to an activating group) is 1. The highest BCUT2D eigenvalue weighted by molar-refractivity contribution is 5.53. The van der Waals surface area contributed by atoms with E-state index in [1.165, 1.54) is 19.4 Å². The lowest BCUT2D eigenvalue weighted by atomic mass is 10.1. The zero-order chi connectivity index (χ0) is 12.5. The number of rotatable bonds is 3. The maximum Gasteiger partial charge on any atom is 0.203 e. The summed E-state index contributed by atoms with van der Waals surface area (Å²) < 4.78 is 7.33. The molecular formula is C13H18N4O. The molecule has 1 aliphatic rings. The summed E-state index contributed by atoms with van der Waals surface area (Å²) in [5.74, 6) is 1.79. The summed E-state index contributed by atoms with van der Waals surface area (Å²) in [4.78, 5) is 2.40. The third kappa shape index (κ3) is 1.84. The fourth-order valence-electron chi connectivity index (χ4n) is 2.69. The second-order valence-corrected chi connectivity index (χ2v) is 4.87. The highest BCUT2D eigenvalue weighted by atomic mass is 16.5. The molecular weight excluding hydrogens is 228 g/mol. The van der Waals surface area contributed by atoms with Gasteiger partial charge < -0.3 is 9.64 Å². The first-order chi connectivity index (χ1) is 8.79. The van der Waals surface area contributed by atoms with E-state index in [2.05, 4.69) is 22.1 Å². The van der Waals surface area contributed by atoms with E-state index in [1.54, 1.807) is 7.11 Å². The average Bonchev–Trinajstić information content (AvgIpc) is 2.97. The van der Waals surface area contributed by atoms with Crippen LogP contribution in [0.5, 0.6) is 5.75 Å². The number of nitrogens with zero attached hydrogens (tertiary/aromatic N) is 4. The molecule has 0 bridgehead atoms. The molecule has 1 saturated heterocycles. The summed E-state index contributed by atoms with van der Waals surface area (Å²) in [6.07, 6.45) is 5.48. The van der Waals surface area contributed by atoms with Crippen LogP contribution in [-0.4, -0.2) is 46.2 Å². The van der Waals surface area contributed by atoms with Gasteiger partial charge in [-0.3, -0.25) is 4.40 Å². The van der Waals surface area contributed by atoms with Gasteiger partial charge in [0.2, 0.25) is 5.65 Å². The Hall–Kier alpha value is -1.62. The van der Waals surface area contributed by atoms with Crippen LogP contribution in [0, 0.1) is 0 Å². The van der Waals surface area contributed by atoms with Crippen molar-refractivity contribution in [2.75, 3.05) is 20.7 Å². The minimum Gasteiger partial charge on any atom is -0.493 e. The number of fused-ring (bicyclic) bond motifs is 1. The van der Waals surface area contributed by atoms with Crippen LogP contribution in [0.25, 0.3) is 5.65 Å². The zero-order valence-electron chi connectivity index (χ0n) is 10.8. The molecule has 0 aromatic carbocycles. The smallest absolute Gasteiger partial charge is 0.203 e. The molecule has 5 nitrogen and oxygen atoms in total.